The number of halogens is 3. The summed E-state index contributed by atoms with van der Waals surface area (Å²) < 4.78 is 5.28. The molecule has 0 spiro atoms. The summed E-state index contributed by atoms with van der Waals surface area (Å²) in [5, 5.41) is 3.66. The molecule has 108 valence electrons. The van der Waals surface area contributed by atoms with Gasteiger partial charge in [0.1, 0.15) is 5.75 Å². The number of amides is 1. The smallest absolute Gasteiger partial charge is 0.257 e. The Kier molecular flexibility index (Phi) is 9.79. The lowest BCUT2D eigenvalue weighted by Crippen LogP contribution is -2.30. The predicted molar refractivity (Wildman–Crippen MR) is 80.5 cm³/mol. The molecule has 0 aliphatic heterocycles. The summed E-state index contributed by atoms with van der Waals surface area (Å²) >= 11 is 11.7. The highest BCUT2D eigenvalue weighted by atomic mass is 35.5. The second kappa shape index (κ2) is 10.1. The average Bonchev–Trinajstić information content (AvgIpc) is 2.36. The van der Waals surface area contributed by atoms with Gasteiger partial charge in [0, 0.05) is 17.6 Å². The number of nitrogens with two attached hydrogens (primary N) is 1. The molecule has 0 aliphatic carbocycles. The number of carbonyl (C=O) groups is 1. The molecule has 0 atom stereocenters. The van der Waals surface area contributed by atoms with E-state index in [1.54, 1.807) is 18.2 Å². The van der Waals surface area contributed by atoms with Gasteiger partial charge in [0.15, 0.2) is 6.61 Å². The fourth-order valence-electron chi connectivity index (χ4n) is 1.28. The summed E-state index contributed by atoms with van der Waals surface area (Å²) in [7, 11) is 0. The Balaban J connectivity index is 0.00000324. The van der Waals surface area contributed by atoms with Gasteiger partial charge in [-0.05, 0) is 31.5 Å². The molecule has 0 bridgehead atoms. The van der Waals surface area contributed by atoms with E-state index in [1.165, 1.54) is 0 Å². The summed E-state index contributed by atoms with van der Waals surface area (Å²) in [6.07, 6.45) is 1.75. The topological polar surface area (TPSA) is 64.3 Å². The third kappa shape index (κ3) is 7.47. The number of unbranched alkanes of at least 4 members (excludes halogenated alkanes) is 1. The minimum absolute atomic E-state index is 0. The van der Waals surface area contributed by atoms with Gasteiger partial charge in [0.25, 0.3) is 5.91 Å². The van der Waals surface area contributed by atoms with Crippen molar-refractivity contribution in [1.82, 2.24) is 5.32 Å². The van der Waals surface area contributed by atoms with Gasteiger partial charge in [-0.3, -0.25) is 4.79 Å². The third-order valence-corrected chi connectivity index (χ3v) is 2.75. The summed E-state index contributed by atoms with van der Waals surface area (Å²) in [6.45, 7) is 1.15. The monoisotopic (exact) mass is 326 g/mol. The van der Waals surface area contributed by atoms with Crippen molar-refractivity contribution in [1.29, 1.82) is 0 Å². The molecule has 1 rings (SSSR count). The van der Waals surface area contributed by atoms with Crippen LogP contribution in [-0.4, -0.2) is 25.6 Å². The van der Waals surface area contributed by atoms with Crippen LogP contribution in [0, 0.1) is 0 Å². The van der Waals surface area contributed by atoms with E-state index in [9.17, 15) is 4.79 Å². The van der Waals surface area contributed by atoms with Gasteiger partial charge >= 0.3 is 0 Å². The van der Waals surface area contributed by atoms with Crippen LogP contribution in [0.25, 0.3) is 0 Å². The second-order valence-electron chi connectivity index (χ2n) is 3.71. The molecule has 1 aromatic carbocycles. The maximum absolute atomic E-state index is 11.4. The van der Waals surface area contributed by atoms with Crippen molar-refractivity contribution in [3.8, 4) is 5.75 Å². The summed E-state index contributed by atoms with van der Waals surface area (Å²) in [5.74, 6) is 0.212. The number of ether oxygens (including phenoxy) is 1. The van der Waals surface area contributed by atoms with Crippen molar-refractivity contribution >= 4 is 41.5 Å². The van der Waals surface area contributed by atoms with Gasteiger partial charge in [-0.15, -0.1) is 12.4 Å². The molecule has 4 nitrogen and oxygen atoms in total. The molecule has 1 amide bonds. The quantitative estimate of drug-likeness (QED) is 0.757. The van der Waals surface area contributed by atoms with Crippen molar-refractivity contribution in [3.63, 3.8) is 0 Å². The Hall–Kier alpha value is -0.680. The maximum atomic E-state index is 11.4. The van der Waals surface area contributed by atoms with Crippen molar-refractivity contribution < 1.29 is 9.53 Å². The number of hydrogen-bond acceptors (Lipinski definition) is 3. The number of rotatable bonds is 7. The zero-order valence-corrected chi connectivity index (χ0v) is 12.7. The molecular formula is C12H17Cl3N2O2. The molecule has 0 unspecified atom stereocenters. The number of nitrogens with one attached hydrogen (secondary N) is 1. The van der Waals surface area contributed by atoms with Crippen molar-refractivity contribution in [2.24, 2.45) is 5.73 Å². The average molecular weight is 328 g/mol. The Morgan fingerprint density at radius 3 is 2.74 bits per heavy atom. The Morgan fingerprint density at radius 1 is 1.32 bits per heavy atom. The number of benzene rings is 1. The molecule has 0 fully saturated rings. The predicted octanol–water partition coefficient (Wildman–Crippen LogP) is 2.65. The SMILES string of the molecule is Cl.NCCCCNC(=O)COc1cc(Cl)ccc1Cl. The highest BCUT2D eigenvalue weighted by molar-refractivity contribution is 6.34. The zero-order valence-electron chi connectivity index (χ0n) is 10.3. The van der Waals surface area contributed by atoms with Crippen LogP contribution in [0.1, 0.15) is 12.8 Å². The van der Waals surface area contributed by atoms with E-state index in [-0.39, 0.29) is 24.9 Å². The van der Waals surface area contributed by atoms with Crippen LogP contribution in [-0.2, 0) is 4.79 Å². The van der Waals surface area contributed by atoms with Crippen LogP contribution in [0.15, 0.2) is 18.2 Å². The van der Waals surface area contributed by atoms with Crippen LogP contribution in [0.5, 0.6) is 5.75 Å². The Labute approximate surface area is 129 Å². The molecule has 0 aliphatic rings. The van der Waals surface area contributed by atoms with Gasteiger partial charge in [-0.1, -0.05) is 23.2 Å². The first-order valence-electron chi connectivity index (χ1n) is 5.68. The molecule has 0 radical (unpaired) electrons. The van der Waals surface area contributed by atoms with E-state index in [0.717, 1.165) is 12.8 Å². The molecule has 3 N–H and O–H groups in total. The minimum Gasteiger partial charge on any atom is -0.482 e. The van der Waals surface area contributed by atoms with E-state index in [1.807, 2.05) is 0 Å². The van der Waals surface area contributed by atoms with Gasteiger partial charge in [0.2, 0.25) is 0 Å². The fourth-order valence-corrected chi connectivity index (χ4v) is 1.61. The van der Waals surface area contributed by atoms with Gasteiger partial charge in [-0.25, -0.2) is 0 Å². The van der Waals surface area contributed by atoms with Crippen molar-refractivity contribution in [3.05, 3.63) is 28.2 Å². The molecule has 1 aromatic rings. The van der Waals surface area contributed by atoms with Crippen LogP contribution in [0.4, 0.5) is 0 Å². The molecular weight excluding hydrogens is 311 g/mol. The lowest BCUT2D eigenvalue weighted by atomic mass is 10.3. The minimum atomic E-state index is -0.192. The van der Waals surface area contributed by atoms with Crippen LogP contribution >= 0.6 is 35.6 Å². The first kappa shape index (κ1) is 18.3. The number of carbonyl (C=O) groups excluding carboxylic acids is 1. The molecule has 0 saturated carbocycles. The third-order valence-electron chi connectivity index (χ3n) is 2.21. The standard InChI is InChI=1S/C12H16Cl2N2O2.ClH/c13-9-3-4-10(14)11(7-9)18-8-12(17)16-6-2-1-5-15;/h3-4,7H,1-2,5-6,8,15H2,(H,16,17);1H. The second-order valence-corrected chi connectivity index (χ2v) is 4.55. The molecule has 0 heterocycles. The molecule has 7 heteroatoms. The highest BCUT2D eigenvalue weighted by Gasteiger charge is 2.06. The van der Waals surface area contributed by atoms with Gasteiger partial charge < -0.3 is 15.8 Å². The summed E-state index contributed by atoms with van der Waals surface area (Å²) in [4.78, 5) is 11.4. The normalized spacial score (nSPS) is 9.63. The maximum Gasteiger partial charge on any atom is 0.257 e. The Bertz CT molecular complexity index is 403. The molecule has 0 aromatic heterocycles. The van der Waals surface area contributed by atoms with Gasteiger partial charge in [0.05, 0.1) is 5.02 Å². The van der Waals surface area contributed by atoms with Crippen molar-refractivity contribution in [2.75, 3.05) is 19.7 Å². The lowest BCUT2D eigenvalue weighted by molar-refractivity contribution is -0.123. The summed E-state index contributed by atoms with van der Waals surface area (Å²) in [6, 6.07) is 4.85. The summed E-state index contributed by atoms with van der Waals surface area (Å²) in [5.41, 5.74) is 5.35. The van der Waals surface area contributed by atoms with E-state index < -0.39 is 0 Å². The van der Waals surface area contributed by atoms with E-state index >= 15 is 0 Å². The largest absolute Gasteiger partial charge is 0.482 e. The van der Waals surface area contributed by atoms with E-state index in [4.69, 9.17) is 33.7 Å². The highest BCUT2D eigenvalue weighted by Crippen LogP contribution is 2.27. The van der Waals surface area contributed by atoms with Crippen molar-refractivity contribution in [2.45, 2.75) is 12.8 Å². The van der Waals surface area contributed by atoms with Crippen LogP contribution < -0.4 is 15.8 Å². The molecule has 0 saturated heterocycles. The first-order valence-corrected chi connectivity index (χ1v) is 6.43. The van der Waals surface area contributed by atoms with Crippen LogP contribution in [0.2, 0.25) is 10.0 Å². The Morgan fingerprint density at radius 2 is 2.05 bits per heavy atom. The van der Waals surface area contributed by atoms with Gasteiger partial charge in [-0.2, -0.15) is 0 Å². The first-order chi connectivity index (χ1) is 8.63. The molecule has 19 heavy (non-hydrogen) atoms. The van der Waals surface area contributed by atoms with E-state index in [0.29, 0.717) is 28.9 Å². The fraction of sp³-hybridized carbons (Fsp3) is 0.417. The number of hydrogen-bond donors (Lipinski definition) is 2. The van der Waals surface area contributed by atoms with E-state index in [2.05, 4.69) is 5.32 Å². The zero-order chi connectivity index (χ0) is 13.4. The van der Waals surface area contributed by atoms with Crippen LogP contribution in [0.3, 0.4) is 0 Å². The lowest BCUT2D eigenvalue weighted by Gasteiger charge is -2.08.